The van der Waals surface area contributed by atoms with Crippen LogP contribution in [0.2, 0.25) is 0 Å². The van der Waals surface area contributed by atoms with Crippen molar-refractivity contribution in [3.8, 4) is 5.75 Å². The first kappa shape index (κ1) is 18.0. The Hall–Kier alpha value is -3.40. The van der Waals surface area contributed by atoms with Gasteiger partial charge in [0, 0.05) is 12.0 Å². The highest BCUT2D eigenvalue weighted by Gasteiger charge is 2.24. The van der Waals surface area contributed by atoms with Gasteiger partial charge in [-0.1, -0.05) is 47.6 Å². The number of fused-ring (bicyclic) bond motifs is 1. The van der Waals surface area contributed by atoms with Crippen LogP contribution in [0, 0.1) is 5.82 Å². The lowest BCUT2D eigenvalue weighted by atomic mass is 10.1. The highest BCUT2D eigenvalue weighted by atomic mass is 19.1. The summed E-state index contributed by atoms with van der Waals surface area (Å²) in [6.07, 6.45) is 2.74. The van der Waals surface area contributed by atoms with Crippen LogP contribution in [0.15, 0.2) is 83.5 Å². The monoisotopic (exact) mass is 373 g/mol. The normalized spacial score (nSPS) is 15.6. The fraction of sp³-hybridized carbons (Fsp3) is 0.125. The van der Waals surface area contributed by atoms with E-state index >= 15 is 0 Å². The fourth-order valence-electron chi connectivity index (χ4n) is 3.27. The lowest BCUT2D eigenvalue weighted by Crippen LogP contribution is -2.00. The molecule has 0 radical (unpaired) electrons. The van der Waals surface area contributed by atoms with Crippen LogP contribution in [0.3, 0.4) is 0 Å². The summed E-state index contributed by atoms with van der Waals surface area (Å²) in [6.45, 7) is 0.402. The molecule has 0 aromatic heterocycles. The molecule has 0 aliphatic heterocycles. The highest BCUT2D eigenvalue weighted by Crippen LogP contribution is 2.31. The van der Waals surface area contributed by atoms with Crippen LogP contribution in [0.4, 0.5) is 4.39 Å². The molecule has 0 spiro atoms. The molecule has 4 heteroatoms. The van der Waals surface area contributed by atoms with E-state index in [0.29, 0.717) is 6.61 Å². The van der Waals surface area contributed by atoms with Crippen molar-refractivity contribution in [3.63, 3.8) is 0 Å². The number of benzene rings is 3. The number of allylic oxidation sites excluding steroid dienone is 1. The number of methoxy groups -OCH3 is 1. The third-order valence-electron chi connectivity index (χ3n) is 4.69. The summed E-state index contributed by atoms with van der Waals surface area (Å²) in [5.41, 5.74) is 5.98. The number of ether oxygens (including phenoxy) is 1. The zero-order valence-electron chi connectivity index (χ0n) is 15.6. The molecule has 3 aromatic carbocycles. The maximum Gasteiger partial charge on any atom is 0.142 e. The van der Waals surface area contributed by atoms with Gasteiger partial charge in [0.2, 0.25) is 0 Å². The first-order valence-corrected chi connectivity index (χ1v) is 9.10. The first-order chi connectivity index (χ1) is 13.7. The summed E-state index contributed by atoms with van der Waals surface area (Å²) >= 11 is 0. The van der Waals surface area contributed by atoms with Gasteiger partial charge in [0.25, 0.3) is 0 Å². The van der Waals surface area contributed by atoms with E-state index in [1.165, 1.54) is 12.1 Å². The van der Waals surface area contributed by atoms with Gasteiger partial charge >= 0.3 is 0 Å². The Morgan fingerprint density at radius 3 is 2.54 bits per heavy atom. The van der Waals surface area contributed by atoms with Crippen LogP contribution in [0.25, 0.3) is 6.08 Å². The maximum atomic E-state index is 13.2. The van der Waals surface area contributed by atoms with Gasteiger partial charge in [-0.3, -0.25) is 0 Å². The Morgan fingerprint density at radius 2 is 1.79 bits per heavy atom. The molecule has 3 aromatic rings. The van der Waals surface area contributed by atoms with Crippen molar-refractivity contribution < 1.29 is 14.0 Å². The van der Waals surface area contributed by atoms with Crippen molar-refractivity contribution in [1.29, 1.82) is 0 Å². The molecule has 0 N–H and O–H groups in total. The van der Waals surface area contributed by atoms with Crippen molar-refractivity contribution >= 4 is 11.8 Å². The van der Waals surface area contributed by atoms with E-state index < -0.39 is 0 Å². The van der Waals surface area contributed by atoms with Crippen LogP contribution in [0.1, 0.15) is 22.3 Å². The molecule has 0 saturated carbocycles. The van der Waals surface area contributed by atoms with Gasteiger partial charge in [-0.15, -0.1) is 0 Å². The number of nitrogens with zero attached hydrogens (tertiary/aromatic N) is 1. The Bertz CT molecular complexity index is 1020. The van der Waals surface area contributed by atoms with Gasteiger partial charge in [-0.2, -0.15) is 0 Å². The third kappa shape index (κ3) is 3.96. The van der Waals surface area contributed by atoms with E-state index in [1.54, 1.807) is 19.2 Å². The molecule has 0 atom stereocenters. The van der Waals surface area contributed by atoms with Gasteiger partial charge in [0.1, 0.15) is 23.9 Å². The molecule has 140 valence electrons. The van der Waals surface area contributed by atoms with Crippen LogP contribution >= 0.6 is 0 Å². The lowest BCUT2D eigenvalue weighted by molar-refractivity contribution is 0.131. The Labute approximate surface area is 163 Å². The fourth-order valence-corrected chi connectivity index (χ4v) is 3.27. The smallest absolute Gasteiger partial charge is 0.142 e. The second-order valence-electron chi connectivity index (χ2n) is 6.62. The molecule has 0 saturated heterocycles. The molecule has 1 aliphatic rings. The quantitative estimate of drug-likeness (QED) is 0.561. The summed E-state index contributed by atoms with van der Waals surface area (Å²) in [5, 5.41) is 4.44. The maximum absolute atomic E-state index is 13.2. The predicted molar refractivity (Wildman–Crippen MR) is 109 cm³/mol. The van der Waals surface area contributed by atoms with Crippen LogP contribution in [-0.2, 0) is 17.9 Å². The van der Waals surface area contributed by atoms with Crippen molar-refractivity contribution in [2.75, 3.05) is 7.11 Å². The van der Waals surface area contributed by atoms with Gasteiger partial charge in [0.15, 0.2) is 0 Å². The molecule has 0 heterocycles. The number of hydrogen-bond acceptors (Lipinski definition) is 3. The Kier molecular flexibility index (Phi) is 5.20. The molecule has 28 heavy (non-hydrogen) atoms. The minimum absolute atomic E-state index is 0.248. The van der Waals surface area contributed by atoms with E-state index in [2.05, 4.69) is 5.16 Å². The molecular weight excluding hydrogens is 353 g/mol. The van der Waals surface area contributed by atoms with E-state index in [9.17, 15) is 4.39 Å². The molecule has 0 unspecified atom stereocenters. The zero-order valence-corrected chi connectivity index (χ0v) is 15.6. The molecule has 0 amide bonds. The number of oxime groups is 1. The van der Waals surface area contributed by atoms with Gasteiger partial charge in [-0.05, 0) is 58.7 Å². The summed E-state index contributed by atoms with van der Waals surface area (Å²) < 4.78 is 18.6. The van der Waals surface area contributed by atoms with Gasteiger partial charge in [-0.25, -0.2) is 4.39 Å². The largest absolute Gasteiger partial charge is 0.497 e. The van der Waals surface area contributed by atoms with Crippen molar-refractivity contribution in [2.45, 2.75) is 13.0 Å². The number of rotatable bonds is 5. The highest BCUT2D eigenvalue weighted by molar-refractivity contribution is 6.18. The van der Waals surface area contributed by atoms with E-state index in [-0.39, 0.29) is 5.82 Å². The van der Waals surface area contributed by atoms with Crippen LogP contribution < -0.4 is 4.74 Å². The topological polar surface area (TPSA) is 30.8 Å². The number of hydrogen-bond donors (Lipinski definition) is 0. The molecule has 4 rings (SSSR count). The van der Waals surface area contributed by atoms with E-state index in [0.717, 1.165) is 45.7 Å². The van der Waals surface area contributed by atoms with Crippen molar-refractivity contribution in [2.24, 2.45) is 5.16 Å². The summed E-state index contributed by atoms with van der Waals surface area (Å²) in [7, 11) is 1.66. The van der Waals surface area contributed by atoms with Crippen molar-refractivity contribution in [3.05, 3.63) is 106 Å². The third-order valence-corrected chi connectivity index (χ3v) is 4.69. The summed E-state index contributed by atoms with van der Waals surface area (Å²) in [6, 6.07) is 22.3. The molecular formula is C24H20FNO2. The second-order valence-corrected chi connectivity index (χ2v) is 6.62. The first-order valence-electron chi connectivity index (χ1n) is 9.10. The van der Waals surface area contributed by atoms with Crippen molar-refractivity contribution in [1.82, 2.24) is 0 Å². The Morgan fingerprint density at radius 1 is 1.00 bits per heavy atom. The summed E-state index contributed by atoms with van der Waals surface area (Å²) in [4.78, 5) is 5.66. The SMILES string of the molecule is COc1ccc2c(c1)CC(=C\c1ccc(F)cc1)/C2=N/OCc1ccccc1. The van der Waals surface area contributed by atoms with Gasteiger partial charge < -0.3 is 9.57 Å². The number of halogens is 1. The minimum Gasteiger partial charge on any atom is -0.497 e. The molecule has 0 bridgehead atoms. The zero-order chi connectivity index (χ0) is 19.3. The lowest BCUT2D eigenvalue weighted by Gasteiger charge is -2.05. The molecule has 0 fully saturated rings. The van der Waals surface area contributed by atoms with Crippen LogP contribution in [-0.4, -0.2) is 12.8 Å². The van der Waals surface area contributed by atoms with Gasteiger partial charge in [0.05, 0.1) is 7.11 Å². The molecule has 3 nitrogen and oxygen atoms in total. The second kappa shape index (κ2) is 8.09. The van der Waals surface area contributed by atoms with Crippen LogP contribution in [0.5, 0.6) is 5.75 Å². The predicted octanol–water partition coefficient (Wildman–Crippen LogP) is 5.39. The average molecular weight is 373 g/mol. The van der Waals surface area contributed by atoms with E-state index in [1.807, 2.05) is 54.6 Å². The minimum atomic E-state index is -0.248. The van der Waals surface area contributed by atoms with E-state index in [4.69, 9.17) is 9.57 Å². The average Bonchev–Trinajstić information content (AvgIpc) is 3.06. The molecule has 1 aliphatic carbocycles. The standard InChI is InChI=1S/C24H20FNO2/c1-27-22-11-12-23-19(15-22)14-20(13-17-7-9-21(25)10-8-17)24(23)26-28-16-18-5-3-2-4-6-18/h2-13,15H,14,16H2,1H3/b20-13+,26-24-. The summed E-state index contributed by atoms with van der Waals surface area (Å²) in [5.74, 6) is 0.563. The Balaban J connectivity index is 1.65.